The second-order valence-corrected chi connectivity index (χ2v) is 5.09. The van der Waals surface area contributed by atoms with Crippen LogP contribution >= 0.6 is 0 Å². The first-order chi connectivity index (χ1) is 11.0. The van der Waals surface area contributed by atoms with Crippen LogP contribution in [0.5, 0.6) is 5.75 Å². The quantitative estimate of drug-likeness (QED) is 0.497. The fourth-order valence-corrected chi connectivity index (χ4v) is 2.01. The van der Waals surface area contributed by atoms with E-state index in [4.69, 9.17) is 4.84 Å². The molecule has 0 aromatic heterocycles. The smallest absolute Gasteiger partial charge is 0.269 e. The van der Waals surface area contributed by atoms with Crippen molar-refractivity contribution in [1.82, 2.24) is 0 Å². The van der Waals surface area contributed by atoms with Crippen molar-refractivity contribution < 1.29 is 14.9 Å². The van der Waals surface area contributed by atoms with Crippen molar-refractivity contribution in [3.05, 3.63) is 69.3 Å². The van der Waals surface area contributed by atoms with Crippen molar-refractivity contribution in [2.45, 2.75) is 26.9 Å². The molecule has 2 aromatic carbocycles. The third kappa shape index (κ3) is 4.29. The zero-order valence-electron chi connectivity index (χ0n) is 13.0. The largest absolute Gasteiger partial charge is 0.508 e. The predicted octanol–water partition coefficient (Wildman–Crippen LogP) is 3.94. The number of aromatic hydroxyl groups is 1. The second kappa shape index (κ2) is 7.40. The first-order valence-electron chi connectivity index (χ1n) is 7.23. The molecule has 2 aromatic rings. The van der Waals surface area contributed by atoms with Gasteiger partial charge in [0.05, 0.1) is 10.6 Å². The topological polar surface area (TPSA) is 85.0 Å². The number of hydrogen-bond acceptors (Lipinski definition) is 5. The minimum absolute atomic E-state index is 0.0432. The highest BCUT2D eigenvalue weighted by atomic mass is 16.6. The van der Waals surface area contributed by atoms with Gasteiger partial charge in [-0.2, -0.15) is 0 Å². The Bertz CT molecular complexity index is 724. The number of nitrogens with zero attached hydrogens (tertiary/aromatic N) is 2. The minimum Gasteiger partial charge on any atom is -0.508 e. The number of benzene rings is 2. The second-order valence-electron chi connectivity index (χ2n) is 5.09. The van der Waals surface area contributed by atoms with Gasteiger partial charge in [-0.15, -0.1) is 0 Å². The Labute approximate surface area is 134 Å². The molecular weight excluding hydrogens is 296 g/mol. The molecule has 0 aliphatic rings. The number of phenols is 1. The minimum atomic E-state index is -0.443. The molecular formula is C17H18N2O4. The summed E-state index contributed by atoms with van der Waals surface area (Å²) in [5.41, 5.74) is 3.17. The van der Waals surface area contributed by atoms with Gasteiger partial charge in [0.25, 0.3) is 5.69 Å². The highest BCUT2D eigenvalue weighted by Gasteiger charge is 2.06. The Morgan fingerprint density at radius 3 is 2.52 bits per heavy atom. The molecule has 1 N–H and O–H groups in total. The fraction of sp³-hybridized carbons (Fsp3) is 0.235. The number of oxime groups is 1. The number of aryl methyl sites for hydroxylation is 1. The molecule has 0 spiro atoms. The number of nitro groups is 1. The molecule has 0 amide bonds. The number of nitro benzene ring substituents is 1. The van der Waals surface area contributed by atoms with Crippen LogP contribution in [0.15, 0.2) is 47.6 Å². The van der Waals surface area contributed by atoms with E-state index in [1.54, 1.807) is 18.2 Å². The van der Waals surface area contributed by atoms with E-state index in [1.807, 2.05) is 26.0 Å². The van der Waals surface area contributed by atoms with Crippen molar-refractivity contribution in [3.63, 3.8) is 0 Å². The number of hydrogen-bond donors (Lipinski definition) is 1. The van der Waals surface area contributed by atoms with Gasteiger partial charge in [-0.3, -0.25) is 10.1 Å². The van der Waals surface area contributed by atoms with Gasteiger partial charge in [-0.25, -0.2) is 0 Å². The van der Waals surface area contributed by atoms with Gasteiger partial charge in [0.15, 0.2) is 0 Å². The third-order valence-corrected chi connectivity index (χ3v) is 3.43. The maximum atomic E-state index is 10.6. The molecule has 0 fully saturated rings. The lowest BCUT2D eigenvalue weighted by atomic mass is 10.1. The van der Waals surface area contributed by atoms with E-state index in [-0.39, 0.29) is 18.0 Å². The van der Waals surface area contributed by atoms with Crippen LogP contribution in [0.2, 0.25) is 0 Å². The molecule has 0 saturated heterocycles. The lowest BCUT2D eigenvalue weighted by molar-refractivity contribution is -0.384. The van der Waals surface area contributed by atoms with Crippen LogP contribution in [-0.4, -0.2) is 15.7 Å². The molecule has 0 saturated carbocycles. The molecule has 23 heavy (non-hydrogen) atoms. The Kier molecular flexibility index (Phi) is 5.30. The maximum Gasteiger partial charge on any atom is 0.269 e. The average Bonchev–Trinajstić information content (AvgIpc) is 2.55. The van der Waals surface area contributed by atoms with Crippen molar-refractivity contribution in [3.8, 4) is 5.75 Å². The highest BCUT2D eigenvalue weighted by molar-refractivity contribution is 6.00. The van der Waals surface area contributed by atoms with E-state index in [9.17, 15) is 15.2 Å². The summed E-state index contributed by atoms with van der Waals surface area (Å²) in [7, 11) is 0. The monoisotopic (exact) mass is 314 g/mol. The molecule has 120 valence electrons. The Morgan fingerprint density at radius 1 is 1.26 bits per heavy atom. The van der Waals surface area contributed by atoms with Gasteiger partial charge < -0.3 is 9.94 Å². The number of phenolic OH excluding ortho intramolecular Hbond substituents is 1. The molecule has 0 bridgehead atoms. The van der Waals surface area contributed by atoms with Crippen LogP contribution < -0.4 is 0 Å². The van der Waals surface area contributed by atoms with E-state index >= 15 is 0 Å². The Morgan fingerprint density at radius 2 is 1.96 bits per heavy atom. The van der Waals surface area contributed by atoms with E-state index in [2.05, 4.69) is 5.16 Å². The van der Waals surface area contributed by atoms with Crippen LogP contribution in [0.1, 0.15) is 30.0 Å². The molecule has 0 aliphatic carbocycles. The SMILES string of the molecule is CCC(=NOCc1ccc([N+](=O)[O-])cc1)c1ccc(C)c(O)c1. The van der Waals surface area contributed by atoms with Gasteiger partial charge in [0, 0.05) is 17.7 Å². The lowest BCUT2D eigenvalue weighted by Gasteiger charge is -2.07. The summed E-state index contributed by atoms with van der Waals surface area (Å²) in [5.74, 6) is 0.221. The summed E-state index contributed by atoms with van der Waals surface area (Å²) in [6, 6.07) is 11.5. The van der Waals surface area contributed by atoms with Crippen molar-refractivity contribution in [2.75, 3.05) is 0 Å². The van der Waals surface area contributed by atoms with E-state index in [0.717, 1.165) is 22.4 Å². The van der Waals surface area contributed by atoms with E-state index < -0.39 is 4.92 Å². The summed E-state index contributed by atoms with van der Waals surface area (Å²) >= 11 is 0. The van der Waals surface area contributed by atoms with Gasteiger partial charge >= 0.3 is 0 Å². The van der Waals surface area contributed by atoms with Crippen molar-refractivity contribution >= 4 is 11.4 Å². The van der Waals surface area contributed by atoms with Crippen LogP contribution in [-0.2, 0) is 11.4 Å². The Hall–Kier alpha value is -2.89. The van der Waals surface area contributed by atoms with Crippen LogP contribution in [0.25, 0.3) is 0 Å². The van der Waals surface area contributed by atoms with Gasteiger partial charge in [0.2, 0.25) is 0 Å². The molecule has 0 aliphatic heterocycles. The zero-order chi connectivity index (χ0) is 16.8. The summed E-state index contributed by atoms with van der Waals surface area (Å²) in [5, 5.41) is 24.5. The number of non-ortho nitro benzene ring substituents is 1. The van der Waals surface area contributed by atoms with Gasteiger partial charge in [-0.1, -0.05) is 24.2 Å². The fourth-order valence-electron chi connectivity index (χ4n) is 2.01. The summed E-state index contributed by atoms with van der Waals surface area (Å²) < 4.78 is 0. The third-order valence-electron chi connectivity index (χ3n) is 3.43. The highest BCUT2D eigenvalue weighted by Crippen LogP contribution is 2.19. The van der Waals surface area contributed by atoms with E-state index in [1.165, 1.54) is 12.1 Å². The maximum absolute atomic E-state index is 10.6. The molecule has 2 rings (SSSR count). The van der Waals surface area contributed by atoms with E-state index in [0.29, 0.717) is 6.42 Å². The van der Waals surface area contributed by atoms with Gasteiger partial charge in [0.1, 0.15) is 12.4 Å². The molecule has 6 heteroatoms. The molecule has 0 radical (unpaired) electrons. The van der Waals surface area contributed by atoms with Crippen LogP contribution in [0.4, 0.5) is 5.69 Å². The van der Waals surface area contributed by atoms with Crippen molar-refractivity contribution in [1.29, 1.82) is 0 Å². The summed E-state index contributed by atoms with van der Waals surface area (Å²) in [6.07, 6.45) is 0.656. The molecule has 0 heterocycles. The summed E-state index contributed by atoms with van der Waals surface area (Å²) in [6.45, 7) is 4.00. The first kappa shape index (κ1) is 16.5. The molecule has 6 nitrogen and oxygen atoms in total. The van der Waals surface area contributed by atoms with Crippen LogP contribution in [0, 0.1) is 17.0 Å². The Balaban J connectivity index is 2.04. The predicted molar refractivity (Wildman–Crippen MR) is 87.6 cm³/mol. The molecule has 0 unspecified atom stereocenters. The average molecular weight is 314 g/mol. The molecule has 0 atom stereocenters. The lowest BCUT2D eigenvalue weighted by Crippen LogP contribution is -2.01. The number of rotatable bonds is 6. The standard InChI is InChI=1S/C17H18N2O4/c1-3-16(14-7-4-12(2)17(20)10-14)18-23-11-13-5-8-15(9-6-13)19(21)22/h4-10,20H,3,11H2,1-2H3. The zero-order valence-corrected chi connectivity index (χ0v) is 13.0. The van der Waals surface area contributed by atoms with Gasteiger partial charge in [-0.05, 0) is 42.7 Å². The van der Waals surface area contributed by atoms with Crippen molar-refractivity contribution in [2.24, 2.45) is 5.16 Å². The summed E-state index contributed by atoms with van der Waals surface area (Å²) in [4.78, 5) is 15.5. The van der Waals surface area contributed by atoms with Crippen LogP contribution in [0.3, 0.4) is 0 Å². The first-order valence-corrected chi connectivity index (χ1v) is 7.23. The normalized spacial score (nSPS) is 11.3.